The zero-order chi connectivity index (χ0) is 10.8. The molecule has 4 nitrogen and oxygen atoms in total. The first kappa shape index (κ1) is 13.4. The molecule has 4 heteroatoms. The van der Waals surface area contributed by atoms with E-state index in [1.54, 1.807) is 0 Å². The van der Waals surface area contributed by atoms with Gasteiger partial charge in [0.1, 0.15) is 0 Å². The summed E-state index contributed by atoms with van der Waals surface area (Å²) in [4.78, 5) is 13.1. The lowest BCUT2D eigenvalue weighted by molar-refractivity contribution is -0.154. The molecule has 84 valence electrons. The highest BCUT2D eigenvalue weighted by atomic mass is 16.7. The van der Waals surface area contributed by atoms with Crippen LogP contribution in [0.4, 0.5) is 0 Å². The number of hydrogen-bond donors (Lipinski definition) is 0. The van der Waals surface area contributed by atoms with E-state index in [2.05, 4.69) is 9.64 Å². The molecule has 0 aliphatic heterocycles. The molecule has 0 bridgehead atoms. The first-order valence-electron chi connectivity index (χ1n) is 4.96. The molecule has 0 aliphatic rings. The maximum absolute atomic E-state index is 11.0. The van der Waals surface area contributed by atoms with E-state index < -0.39 is 0 Å². The van der Waals surface area contributed by atoms with Crippen molar-refractivity contribution in [1.29, 1.82) is 0 Å². The van der Waals surface area contributed by atoms with Crippen molar-refractivity contribution in [3.8, 4) is 0 Å². The highest BCUT2D eigenvalue weighted by molar-refractivity contribution is 5.69. The van der Waals surface area contributed by atoms with Gasteiger partial charge < -0.3 is 14.4 Å². The van der Waals surface area contributed by atoms with Gasteiger partial charge in [-0.15, -0.1) is 0 Å². The SMILES string of the molecule is COCOC(=O)CCCCCN(C)C. The predicted molar refractivity (Wildman–Crippen MR) is 55.0 cm³/mol. The molecule has 0 unspecified atom stereocenters. The van der Waals surface area contributed by atoms with Gasteiger partial charge in [-0.25, -0.2) is 0 Å². The van der Waals surface area contributed by atoms with E-state index in [9.17, 15) is 4.79 Å². The summed E-state index contributed by atoms with van der Waals surface area (Å²) in [5, 5.41) is 0. The van der Waals surface area contributed by atoms with Crippen molar-refractivity contribution in [2.75, 3.05) is 34.5 Å². The number of ether oxygens (including phenoxy) is 2. The Hall–Kier alpha value is -0.610. The van der Waals surface area contributed by atoms with Gasteiger partial charge in [-0.05, 0) is 33.5 Å². The minimum Gasteiger partial charge on any atom is -0.438 e. The number of carbonyl (C=O) groups is 1. The standard InChI is InChI=1S/C10H21NO3/c1-11(2)8-6-4-5-7-10(12)14-9-13-3/h4-9H2,1-3H3. The third-order valence-electron chi connectivity index (χ3n) is 1.82. The fourth-order valence-corrected chi connectivity index (χ4v) is 1.07. The van der Waals surface area contributed by atoms with Gasteiger partial charge in [-0.1, -0.05) is 6.42 Å². The minimum atomic E-state index is -0.170. The summed E-state index contributed by atoms with van der Waals surface area (Å²) in [5.41, 5.74) is 0. The van der Waals surface area contributed by atoms with Gasteiger partial charge in [-0.3, -0.25) is 4.79 Å². The van der Waals surface area contributed by atoms with Crippen molar-refractivity contribution >= 4 is 5.97 Å². The van der Waals surface area contributed by atoms with Crippen molar-refractivity contribution < 1.29 is 14.3 Å². The van der Waals surface area contributed by atoms with Crippen LogP contribution < -0.4 is 0 Å². The quantitative estimate of drug-likeness (QED) is 0.338. The molecule has 0 aromatic carbocycles. The highest BCUT2D eigenvalue weighted by Crippen LogP contribution is 2.01. The summed E-state index contributed by atoms with van der Waals surface area (Å²) < 4.78 is 9.37. The van der Waals surface area contributed by atoms with Gasteiger partial charge in [0.05, 0.1) is 0 Å². The number of methoxy groups -OCH3 is 1. The molecule has 0 spiro atoms. The maximum Gasteiger partial charge on any atom is 0.307 e. The average Bonchev–Trinajstić information content (AvgIpc) is 2.13. The molecular weight excluding hydrogens is 182 g/mol. The van der Waals surface area contributed by atoms with Crippen molar-refractivity contribution in [3.63, 3.8) is 0 Å². The second kappa shape index (κ2) is 8.97. The van der Waals surface area contributed by atoms with Crippen molar-refractivity contribution in [1.82, 2.24) is 4.90 Å². The summed E-state index contributed by atoms with van der Waals surface area (Å²) in [6.45, 7) is 1.14. The molecule has 0 radical (unpaired) electrons. The summed E-state index contributed by atoms with van der Waals surface area (Å²) in [6, 6.07) is 0. The number of unbranched alkanes of at least 4 members (excludes halogenated alkanes) is 2. The Morgan fingerprint density at radius 1 is 1.21 bits per heavy atom. The van der Waals surface area contributed by atoms with Gasteiger partial charge in [0.25, 0.3) is 0 Å². The molecular formula is C10H21NO3. The molecule has 0 aromatic heterocycles. The molecule has 0 atom stereocenters. The van der Waals surface area contributed by atoms with Gasteiger partial charge >= 0.3 is 5.97 Å². The second-order valence-corrected chi connectivity index (χ2v) is 3.54. The van der Waals surface area contributed by atoms with E-state index in [0.29, 0.717) is 6.42 Å². The number of nitrogens with zero attached hydrogens (tertiary/aromatic N) is 1. The summed E-state index contributed by atoms with van der Waals surface area (Å²) in [5.74, 6) is -0.170. The average molecular weight is 203 g/mol. The number of hydrogen-bond acceptors (Lipinski definition) is 4. The van der Waals surface area contributed by atoms with Crippen LogP contribution in [0.5, 0.6) is 0 Å². The van der Waals surface area contributed by atoms with Gasteiger partial charge in [0.2, 0.25) is 0 Å². The smallest absolute Gasteiger partial charge is 0.307 e. The molecule has 0 rings (SSSR count). The Morgan fingerprint density at radius 2 is 1.93 bits per heavy atom. The largest absolute Gasteiger partial charge is 0.438 e. The van der Waals surface area contributed by atoms with Crippen molar-refractivity contribution in [3.05, 3.63) is 0 Å². The van der Waals surface area contributed by atoms with E-state index in [-0.39, 0.29) is 12.8 Å². The third-order valence-corrected chi connectivity index (χ3v) is 1.82. The number of carbonyl (C=O) groups excluding carboxylic acids is 1. The molecule has 0 aromatic rings. The van der Waals surface area contributed by atoms with Crippen LogP contribution in [0.25, 0.3) is 0 Å². The Labute approximate surface area is 86.2 Å². The van der Waals surface area contributed by atoms with Gasteiger partial charge in [0.15, 0.2) is 6.79 Å². The third kappa shape index (κ3) is 9.48. The summed E-state index contributed by atoms with van der Waals surface area (Å²) in [6.07, 6.45) is 3.60. The molecule has 0 saturated heterocycles. The van der Waals surface area contributed by atoms with Crippen LogP contribution in [-0.2, 0) is 14.3 Å². The van der Waals surface area contributed by atoms with E-state index in [1.807, 2.05) is 14.1 Å². The Morgan fingerprint density at radius 3 is 2.50 bits per heavy atom. The number of esters is 1. The number of rotatable bonds is 8. The summed E-state index contributed by atoms with van der Waals surface area (Å²) >= 11 is 0. The normalized spacial score (nSPS) is 10.6. The molecule has 0 fully saturated rings. The predicted octanol–water partition coefficient (Wildman–Crippen LogP) is 1.26. The van der Waals surface area contributed by atoms with Crippen LogP contribution in [0, 0.1) is 0 Å². The monoisotopic (exact) mass is 203 g/mol. The van der Waals surface area contributed by atoms with E-state index in [1.165, 1.54) is 7.11 Å². The lowest BCUT2D eigenvalue weighted by Gasteiger charge is -2.08. The van der Waals surface area contributed by atoms with Crippen molar-refractivity contribution in [2.24, 2.45) is 0 Å². The summed E-state index contributed by atoms with van der Waals surface area (Å²) in [7, 11) is 5.60. The van der Waals surface area contributed by atoms with E-state index in [4.69, 9.17) is 4.74 Å². The van der Waals surface area contributed by atoms with E-state index >= 15 is 0 Å². The molecule has 0 saturated carbocycles. The molecule has 14 heavy (non-hydrogen) atoms. The lowest BCUT2D eigenvalue weighted by Crippen LogP contribution is -2.13. The lowest BCUT2D eigenvalue weighted by atomic mass is 10.2. The first-order valence-corrected chi connectivity index (χ1v) is 4.96. The molecule has 0 aliphatic carbocycles. The maximum atomic E-state index is 11.0. The second-order valence-electron chi connectivity index (χ2n) is 3.54. The minimum absolute atomic E-state index is 0.0660. The fraction of sp³-hybridized carbons (Fsp3) is 0.900. The Balaban J connectivity index is 3.15. The zero-order valence-corrected chi connectivity index (χ0v) is 9.41. The van der Waals surface area contributed by atoms with Crippen LogP contribution >= 0.6 is 0 Å². The van der Waals surface area contributed by atoms with Crippen LogP contribution in [0.2, 0.25) is 0 Å². The Kier molecular flexibility index (Phi) is 8.57. The first-order chi connectivity index (χ1) is 6.66. The van der Waals surface area contributed by atoms with Gasteiger partial charge in [0, 0.05) is 13.5 Å². The van der Waals surface area contributed by atoms with Crippen LogP contribution in [0.3, 0.4) is 0 Å². The highest BCUT2D eigenvalue weighted by Gasteiger charge is 2.01. The van der Waals surface area contributed by atoms with Crippen LogP contribution in [-0.4, -0.2) is 45.4 Å². The van der Waals surface area contributed by atoms with Crippen LogP contribution in [0.15, 0.2) is 0 Å². The van der Waals surface area contributed by atoms with Crippen molar-refractivity contribution in [2.45, 2.75) is 25.7 Å². The fourth-order valence-electron chi connectivity index (χ4n) is 1.07. The van der Waals surface area contributed by atoms with E-state index in [0.717, 1.165) is 25.8 Å². The zero-order valence-electron chi connectivity index (χ0n) is 9.41. The van der Waals surface area contributed by atoms with Crippen LogP contribution in [0.1, 0.15) is 25.7 Å². The molecule has 0 N–H and O–H groups in total. The Bertz CT molecular complexity index is 148. The molecule has 0 heterocycles. The van der Waals surface area contributed by atoms with Gasteiger partial charge in [-0.2, -0.15) is 0 Å². The molecule has 0 amide bonds. The topological polar surface area (TPSA) is 38.8 Å².